The summed E-state index contributed by atoms with van der Waals surface area (Å²) in [5.74, 6) is 2.06. The number of nitrogens with zero attached hydrogens (tertiary/aromatic N) is 3. The van der Waals surface area contributed by atoms with Gasteiger partial charge >= 0.3 is 0 Å². The highest BCUT2D eigenvalue weighted by atomic mass is 16.5. The molecule has 0 unspecified atom stereocenters. The lowest BCUT2D eigenvalue weighted by atomic mass is 9.98. The van der Waals surface area contributed by atoms with Gasteiger partial charge in [0.15, 0.2) is 11.5 Å². The minimum absolute atomic E-state index is 0.0668. The third-order valence-electron chi connectivity index (χ3n) is 5.23. The standard InChI is InChI=1S/C23H24N4O4/c1-29-19-9-17(10-20(30-2)22(19)31-3)26-23(28)16-12-27(13-16)21-11-18(24-14-25-21)15-7-5-4-6-8-15/h4-11,14,16H,12-13H2,1-3H3,(H,26,28). The Labute approximate surface area is 180 Å². The van der Waals surface area contributed by atoms with Crippen LogP contribution in [0.2, 0.25) is 0 Å². The molecule has 2 heterocycles. The largest absolute Gasteiger partial charge is 0.493 e. The number of methoxy groups -OCH3 is 3. The van der Waals surface area contributed by atoms with Gasteiger partial charge in [-0.15, -0.1) is 0 Å². The fraction of sp³-hybridized carbons (Fsp3) is 0.261. The first-order valence-electron chi connectivity index (χ1n) is 9.86. The number of carbonyl (C=O) groups excluding carboxylic acids is 1. The van der Waals surface area contributed by atoms with Gasteiger partial charge in [0.2, 0.25) is 11.7 Å². The number of carbonyl (C=O) groups is 1. The van der Waals surface area contributed by atoms with Gasteiger partial charge in [-0.25, -0.2) is 9.97 Å². The smallest absolute Gasteiger partial charge is 0.231 e. The topological polar surface area (TPSA) is 85.8 Å². The number of nitrogens with one attached hydrogen (secondary N) is 1. The van der Waals surface area contributed by atoms with Crippen LogP contribution in [0.4, 0.5) is 11.5 Å². The van der Waals surface area contributed by atoms with E-state index >= 15 is 0 Å². The predicted octanol–water partition coefficient (Wildman–Crippen LogP) is 3.24. The van der Waals surface area contributed by atoms with Crippen molar-refractivity contribution in [2.24, 2.45) is 5.92 Å². The molecular weight excluding hydrogens is 396 g/mol. The van der Waals surface area contributed by atoms with Crippen molar-refractivity contribution in [2.45, 2.75) is 0 Å². The van der Waals surface area contributed by atoms with Crippen LogP contribution in [0.25, 0.3) is 11.3 Å². The number of rotatable bonds is 7. The van der Waals surface area contributed by atoms with Crippen LogP contribution in [0, 0.1) is 5.92 Å². The normalized spacial score (nSPS) is 13.3. The van der Waals surface area contributed by atoms with Crippen LogP contribution < -0.4 is 24.4 Å². The second-order valence-corrected chi connectivity index (χ2v) is 7.13. The minimum atomic E-state index is -0.144. The zero-order chi connectivity index (χ0) is 21.8. The summed E-state index contributed by atoms with van der Waals surface area (Å²) in [6.07, 6.45) is 1.56. The third-order valence-corrected chi connectivity index (χ3v) is 5.23. The lowest BCUT2D eigenvalue weighted by Crippen LogP contribution is -2.52. The molecule has 0 radical (unpaired) electrons. The van der Waals surface area contributed by atoms with E-state index in [1.807, 2.05) is 36.4 Å². The first-order valence-corrected chi connectivity index (χ1v) is 9.86. The van der Waals surface area contributed by atoms with Crippen LogP contribution in [0.15, 0.2) is 54.9 Å². The highest BCUT2D eigenvalue weighted by Crippen LogP contribution is 2.40. The Hall–Kier alpha value is -3.81. The van der Waals surface area contributed by atoms with Crippen molar-refractivity contribution in [2.75, 3.05) is 44.6 Å². The van der Waals surface area contributed by atoms with Gasteiger partial charge < -0.3 is 24.4 Å². The molecule has 3 aromatic rings. The number of aromatic nitrogens is 2. The molecule has 31 heavy (non-hydrogen) atoms. The number of benzene rings is 2. The van der Waals surface area contributed by atoms with E-state index in [0.29, 0.717) is 36.0 Å². The van der Waals surface area contributed by atoms with E-state index in [1.54, 1.807) is 18.5 Å². The number of hydrogen-bond acceptors (Lipinski definition) is 7. The number of hydrogen-bond donors (Lipinski definition) is 1. The lowest BCUT2D eigenvalue weighted by molar-refractivity contribution is -0.120. The molecule has 8 heteroatoms. The first-order chi connectivity index (χ1) is 15.1. The Morgan fingerprint density at radius 2 is 1.65 bits per heavy atom. The van der Waals surface area contributed by atoms with E-state index in [4.69, 9.17) is 14.2 Å². The monoisotopic (exact) mass is 420 g/mol. The molecular formula is C23H24N4O4. The molecule has 4 rings (SSSR count). The molecule has 1 N–H and O–H groups in total. The molecule has 1 saturated heterocycles. The molecule has 0 atom stereocenters. The quantitative estimate of drug-likeness (QED) is 0.628. The van der Waals surface area contributed by atoms with Crippen LogP contribution in [-0.2, 0) is 4.79 Å². The van der Waals surface area contributed by atoms with Crippen molar-refractivity contribution in [1.29, 1.82) is 0 Å². The third kappa shape index (κ3) is 4.23. The van der Waals surface area contributed by atoms with Crippen molar-refractivity contribution in [3.05, 3.63) is 54.9 Å². The molecule has 1 fully saturated rings. The average Bonchev–Trinajstić information content (AvgIpc) is 2.78. The van der Waals surface area contributed by atoms with Gasteiger partial charge in [0, 0.05) is 42.5 Å². The van der Waals surface area contributed by atoms with Crippen LogP contribution in [0.5, 0.6) is 17.2 Å². The Balaban J connectivity index is 1.41. The zero-order valence-corrected chi connectivity index (χ0v) is 17.7. The molecule has 8 nitrogen and oxygen atoms in total. The van der Waals surface area contributed by atoms with Crippen LogP contribution >= 0.6 is 0 Å². The summed E-state index contributed by atoms with van der Waals surface area (Å²) in [5, 5.41) is 2.94. The highest BCUT2D eigenvalue weighted by Gasteiger charge is 2.34. The summed E-state index contributed by atoms with van der Waals surface area (Å²) in [7, 11) is 4.62. The molecule has 0 bridgehead atoms. The summed E-state index contributed by atoms with van der Waals surface area (Å²) < 4.78 is 16.0. The highest BCUT2D eigenvalue weighted by molar-refractivity contribution is 5.95. The fourth-order valence-corrected chi connectivity index (χ4v) is 3.52. The van der Waals surface area contributed by atoms with E-state index in [9.17, 15) is 4.79 Å². The second-order valence-electron chi connectivity index (χ2n) is 7.13. The summed E-state index contributed by atoms with van der Waals surface area (Å²) in [6.45, 7) is 1.17. The molecule has 0 spiro atoms. The molecule has 160 valence electrons. The van der Waals surface area contributed by atoms with Gasteiger partial charge in [-0.05, 0) is 0 Å². The SMILES string of the molecule is COc1cc(NC(=O)C2CN(c3cc(-c4ccccc4)ncn3)C2)cc(OC)c1OC. The number of anilines is 2. The Morgan fingerprint density at radius 1 is 0.968 bits per heavy atom. The molecule has 0 saturated carbocycles. The maximum absolute atomic E-state index is 12.7. The molecule has 0 aliphatic carbocycles. The second kappa shape index (κ2) is 8.91. The van der Waals surface area contributed by atoms with E-state index in [0.717, 1.165) is 17.1 Å². The Kier molecular flexibility index (Phi) is 5.88. The zero-order valence-electron chi connectivity index (χ0n) is 17.7. The van der Waals surface area contributed by atoms with E-state index in [2.05, 4.69) is 20.2 Å². The van der Waals surface area contributed by atoms with Crippen molar-refractivity contribution in [3.63, 3.8) is 0 Å². The number of ether oxygens (including phenoxy) is 3. The first kappa shape index (κ1) is 20.5. The van der Waals surface area contributed by atoms with Gasteiger partial charge in [-0.1, -0.05) is 30.3 Å². The molecule has 1 aliphatic rings. The van der Waals surface area contributed by atoms with Gasteiger partial charge in [0.25, 0.3) is 0 Å². The van der Waals surface area contributed by atoms with Gasteiger partial charge in [-0.2, -0.15) is 0 Å². The average molecular weight is 420 g/mol. The van der Waals surface area contributed by atoms with E-state index in [1.165, 1.54) is 21.3 Å². The fourth-order valence-electron chi connectivity index (χ4n) is 3.52. The van der Waals surface area contributed by atoms with E-state index < -0.39 is 0 Å². The minimum Gasteiger partial charge on any atom is -0.493 e. The lowest BCUT2D eigenvalue weighted by Gasteiger charge is -2.39. The molecule has 1 amide bonds. The molecule has 1 aromatic heterocycles. The predicted molar refractivity (Wildman–Crippen MR) is 118 cm³/mol. The van der Waals surface area contributed by atoms with Crippen molar-refractivity contribution < 1.29 is 19.0 Å². The summed E-state index contributed by atoms with van der Waals surface area (Å²) in [6, 6.07) is 15.3. The summed E-state index contributed by atoms with van der Waals surface area (Å²) in [4.78, 5) is 23.5. The van der Waals surface area contributed by atoms with Crippen molar-refractivity contribution >= 4 is 17.4 Å². The Bertz CT molecular complexity index is 1040. The van der Waals surface area contributed by atoms with Crippen LogP contribution in [-0.4, -0.2) is 50.3 Å². The Morgan fingerprint density at radius 3 is 2.26 bits per heavy atom. The van der Waals surface area contributed by atoms with Gasteiger partial charge in [0.05, 0.1) is 32.9 Å². The van der Waals surface area contributed by atoms with Gasteiger partial charge in [-0.3, -0.25) is 4.79 Å². The summed E-state index contributed by atoms with van der Waals surface area (Å²) >= 11 is 0. The number of amides is 1. The van der Waals surface area contributed by atoms with E-state index in [-0.39, 0.29) is 11.8 Å². The van der Waals surface area contributed by atoms with Gasteiger partial charge in [0.1, 0.15) is 12.1 Å². The molecule has 1 aliphatic heterocycles. The maximum atomic E-state index is 12.7. The van der Waals surface area contributed by atoms with Crippen LogP contribution in [0.1, 0.15) is 0 Å². The van der Waals surface area contributed by atoms with Crippen molar-refractivity contribution in [3.8, 4) is 28.5 Å². The summed E-state index contributed by atoms with van der Waals surface area (Å²) in [5.41, 5.74) is 2.48. The van der Waals surface area contributed by atoms with Crippen LogP contribution in [0.3, 0.4) is 0 Å². The molecule has 2 aromatic carbocycles. The maximum Gasteiger partial charge on any atom is 0.231 e. The van der Waals surface area contributed by atoms with Crippen molar-refractivity contribution in [1.82, 2.24) is 9.97 Å².